The van der Waals surface area contributed by atoms with E-state index in [0.29, 0.717) is 50.9 Å². The summed E-state index contributed by atoms with van der Waals surface area (Å²) in [7, 11) is 0. The first-order valence-electron chi connectivity index (χ1n) is 9.18. The number of nitrogens with zero attached hydrogens (tertiary/aromatic N) is 6. The van der Waals surface area contributed by atoms with Crippen LogP contribution in [0.25, 0.3) is 20.8 Å². The van der Waals surface area contributed by atoms with Crippen molar-refractivity contribution in [2.45, 2.75) is 6.10 Å². The van der Waals surface area contributed by atoms with Gasteiger partial charge < -0.3 is 15.3 Å². The highest BCUT2D eigenvalue weighted by Crippen LogP contribution is 2.41. The Morgan fingerprint density at radius 3 is 2.68 bits per heavy atom. The average molecular weight is 470 g/mol. The summed E-state index contributed by atoms with van der Waals surface area (Å²) in [6, 6.07) is 6.98. The van der Waals surface area contributed by atoms with Crippen LogP contribution in [0, 0.1) is 11.3 Å². The van der Waals surface area contributed by atoms with Crippen LogP contribution in [0.3, 0.4) is 0 Å². The number of hydrogen-bond acceptors (Lipinski definition) is 9. The molecule has 1 aromatic carbocycles. The maximum atomic E-state index is 9.63. The summed E-state index contributed by atoms with van der Waals surface area (Å²) in [4.78, 5) is 19.6. The average Bonchev–Trinajstić information content (AvgIpc) is 3.16. The van der Waals surface area contributed by atoms with Crippen LogP contribution in [0.4, 0.5) is 17.3 Å². The standard InChI is InChI=1S/C20H13Cl2N7OS/c21-12-3-10(5-23)4-13(22)16(12)20-27-14-1-2-25-19(17(14)31-20)28-18-15(6-24-9-26-18)29-7-11(30)8-29/h1-4,6,9,11,30H,7-8H2,(H,24,25,26,28). The van der Waals surface area contributed by atoms with Gasteiger partial charge in [-0.05, 0) is 18.2 Å². The van der Waals surface area contributed by atoms with Gasteiger partial charge in [-0.1, -0.05) is 23.2 Å². The number of rotatable bonds is 4. The Kier molecular flexibility index (Phi) is 5.08. The van der Waals surface area contributed by atoms with E-state index in [4.69, 9.17) is 28.5 Å². The molecular weight excluding hydrogens is 457 g/mol. The Bertz CT molecular complexity index is 1320. The Hall–Kier alpha value is -3.03. The molecule has 1 saturated heterocycles. The second-order valence-electron chi connectivity index (χ2n) is 6.89. The molecule has 0 aliphatic carbocycles. The lowest BCUT2D eigenvalue weighted by Crippen LogP contribution is -2.51. The summed E-state index contributed by atoms with van der Waals surface area (Å²) >= 11 is 14.2. The number of anilines is 3. The van der Waals surface area contributed by atoms with Crippen LogP contribution in [0.1, 0.15) is 5.56 Å². The van der Waals surface area contributed by atoms with E-state index in [0.717, 1.165) is 15.9 Å². The first kappa shape index (κ1) is 19.9. The molecule has 0 spiro atoms. The van der Waals surface area contributed by atoms with Crippen molar-refractivity contribution in [3.8, 4) is 16.6 Å². The molecule has 3 aromatic heterocycles. The lowest BCUT2D eigenvalue weighted by Gasteiger charge is -2.38. The maximum absolute atomic E-state index is 9.63. The van der Waals surface area contributed by atoms with Gasteiger partial charge in [0.2, 0.25) is 0 Å². The molecule has 0 bridgehead atoms. The highest BCUT2D eigenvalue weighted by molar-refractivity contribution is 7.22. The van der Waals surface area contributed by atoms with Gasteiger partial charge in [-0.2, -0.15) is 5.26 Å². The van der Waals surface area contributed by atoms with Gasteiger partial charge in [0.15, 0.2) is 11.6 Å². The molecule has 1 fully saturated rings. The van der Waals surface area contributed by atoms with Crippen LogP contribution in [0.15, 0.2) is 36.9 Å². The third-order valence-corrected chi connectivity index (χ3v) is 6.51. The molecule has 154 valence electrons. The lowest BCUT2D eigenvalue weighted by atomic mass is 10.1. The van der Waals surface area contributed by atoms with E-state index in [-0.39, 0.29) is 6.10 Å². The molecule has 2 N–H and O–H groups in total. The van der Waals surface area contributed by atoms with E-state index in [2.05, 4.69) is 25.3 Å². The van der Waals surface area contributed by atoms with Crippen LogP contribution in [0.5, 0.6) is 0 Å². The highest BCUT2D eigenvalue weighted by Gasteiger charge is 2.27. The molecule has 11 heteroatoms. The zero-order chi connectivity index (χ0) is 21.5. The maximum Gasteiger partial charge on any atom is 0.158 e. The summed E-state index contributed by atoms with van der Waals surface area (Å²) in [6.45, 7) is 1.06. The van der Waals surface area contributed by atoms with Crippen LogP contribution in [0.2, 0.25) is 10.0 Å². The van der Waals surface area contributed by atoms with E-state index in [1.165, 1.54) is 17.7 Å². The van der Waals surface area contributed by atoms with Gasteiger partial charge in [0.25, 0.3) is 0 Å². The number of halogens is 2. The monoisotopic (exact) mass is 469 g/mol. The summed E-state index contributed by atoms with van der Waals surface area (Å²) < 4.78 is 0.808. The van der Waals surface area contributed by atoms with Crippen molar-refractivity contribution in [2.24, 2.45) is 0 Å². The molecule has 31 heavy (non-hydrogen) atoms. The summed E-state index contributed by atoms with van der Waals surface area (Å²) in [5, 5.41) is 23.4. The number of pyridine rings is 1. The number of nitrogens with one attached hydrogen (secondary N) is 1. The highest BCUT2D eigenvalue weighted by atomic mass is 35.5. The van der Waals surface area contributed by atoms with E-state index < -0.39 is 0 Å². The van der Waals surface area contributed by atoms with Crippen LogP contribution in [-0.4, -0.2) is 44.2 Å². The predicted octanol–water partition coefficient (Wildman–Crippen LogP) is 4.25. The minimum absolute atomic E-state index is 0.347. The molecule has 0 radical (unpaired) electrons. The van der Waals surface area contributed by atoms with Crippen molar-refractivity contribution in [1.82, 2.24) is 19.9 Å². The third kappa shape index (κ3) is 3.64. The van der Waals surface area contributed by atoms with E-state index in [1.54, 1.807) is 30.6 Å². The number of aliphatic hydroxyl groups is 1. The Morgan fingerprint density at radius 2 is 1.97 bits per heavy atom. The quantitative estimate of drug-likeness (QED) is 0.456. The van der Waals surface area contributed by atoms with Gasteiger partial charge in [-0.15, -0.1) is 11.3 Å². The van der Waals surface area contributed by atoms with Crippen LogP contribution in [-0.2, 0) is 0 Å². The minimum Gasteiger partial charge on any atom is -0.389 e. The molecule has 8 nitrogen and oxygen atoms in total. The molecule has 4 aromatic rings. The molecule has 0 amide bonds. The minimum atomic E-state index is -0.347. The van der Waals surface area contributed by atoms with E-state index in [9.17, 15) is 5.11 Å². The van der Waals surface area contributed by atoms with Crippen molar-refractivity contribution in [2.75, 3.05) is 23.3 Å². The lowest BCUT2D eigenvalue weighted by molar-refractivity contribution is 0.142. The van der Waals surface area contributed by atoms with Gasteiger partial charge in [0.05, 0.1) is 49.9 Å². The largest absolute Gasteiger partial charge is 0.389 e. The van der Waals surface area contributed by atoms with Crippen LogP contribution >= 0.6 is 34.5 Å². The molecular formula is C20H13Cl2N7OS. The number of thiazole rings is 1. The fourth-order valence-electron chi connectivity index (χ4n) is 3.31. The van der Waals surface area contributed by atoms with Gasteiger partial charge in [-0.25, -0.2) is 19.9 Å². The fourth-order valence-corrected chi connectivity index (χ4v) is 5.16. The predicted molar refractivity (Wildman–Crippen MR) is 121 cm³/mol. The molecule has 0 atom stereocenters. The summed E-state index contributed by atoms with van der Waals surface area (Å²) in [5.74, 6) is 1.18. The number of aliphatic hydroxyl groups excluding tert-OH is 1. The Morgan fingerprint density at radius 1 is 1.19 bits per heavy atom. The van der Waals surface area contributed by atoms with Crippen molar-refractivity contribution in [3.05, 3.63) is 52.5 Å². The summed E-state index contributed by atoms with van der Waals surface area (Å²) in [5.41, 5.74) is 2.47. The zero-order valence-electron chi connectivity index (χ0n) is 15.8. The second kappa shape index (κ2) is 7.90. The number of nitriles is 1. The molecule has 5 rings (SSSR count). The number of aromatic nitrogens is 4. The summed E-state index contributed by atoms with van der Waals surface area (Å²) in [6.07, 6.45) is 4.47. The smallest absolute Gasteiger partial charge is 0.158 e. The molecule has 0 unspecified atom stereocenters. The number of β-amino-alcohol motifs (C(OH)–C–C–N with tert-alkyl or cyclic N) is 1. The van der Waals surface area contributed by atoms with Crippen molar-refractivity contribution < 1.29 is 5.11 Å². The SMILES string of the molecule is N#Cc1cc(Cl)c(-c2nc3ccnc(Nc4ncncc4N4CC(O)C4)c3s2)c(Cl)c1. The molecule has 4 heterocycles. The normalized spacial score (nSPS) is 13.8. The van der Waals surface area contributed by atoms with E-state index >= 15 is 0 Å². The molecule has 1 aliphatic heterocycles. The molecule has 0 saturated carbocycles. The topological polar surface area (TPSA) is 111 Å². The Balaban J connectivity index is 1.55. The Labute approximate surface area is 190 Å². The number of hydrogen-bond donors (Lipinski definition) is 2. The second-order valence-corrected chi connectivity index (χ2v) is 8.71. The first-order valence-corrected chi connectivity index (χ1v) is 10.8. The number of fused-ring (bicyclic) bond motifs is 1. The van der Waals surface area contributed by atoms with Gasteiger partial charge in [-0.3, -0.25) is 0 Å². The van der Waals surface area contributed by atoms with Crippen molar-refractivity contribution in [1.29, 1.82) is 5.26 Å². The zero-order valence-corrected chi connectivity index (χ0v) is 18.1. The van der Waals surface area contributed by atoms with Crippen LogP contribution < -0.4 is 10.2 Å². The third-order valence-electron chi connectivity index (χ3n) is 4.82. The van der Waals surface area contributed by atoms with Gasteiger partial charge in [0.1, 0.15) is 11.3 Å². The van der Waals surface area contributed by atoms with Crippen molar-refractivity contribution >= 4 is 62.1 Å². The van der Waals surface area contributed by atoms with Crippen molar-refractivity contribution in [3.63, 3.8) is 0 Å². The fraction of sp³-hybridized carbons (Fsp3) is 0.150. The molecule has 1 aliphatic rings. The van der Waals surface area contributed by atoms with Gasteiger partial charge in [0, 0.05) is 24.8 Å². The number of benzene rings is 1. The van der Waals surface area contributed by atoms with E-state index in [1.807, 2.05) is 11.0 Å². The van der Waals surface area contributed by atoms with Gasteiger partial charge >= 0.3 is 0 Å². The first-order chi connectivity index (χ1) is 15.0.